The summed E-state index contributed by atoms with van der Waals surface area (Å²) in [6.07, 6.45) is 1.53. The molecule has 0 fully saturated rings. The van der Waals surface area contributed by atoms with E-state index >= 15 is 0 Å². The zero-order valence-corrected chi connectivity index (χ0v) is 14.4. The minimum absolute atomic E-state index is 0.0838. The zero-order valence-electron chi connectivity index (χ0n) is 11.9. The van der Waals surface area contributed by atoms with Gasteiger partial charge in [-0.25, -0.2) is 0 Å². The standard InChI is InChI=1S/C14H17BrNO4P/c1-3-19-21(18,20-4-2)10-16-8-7-11-9-12(15)5-6-13(11)14(16)17/h5-9H,3-4,10H2,1-2H3. The van der Waals surface area contributed by atoms with E-state index in [1.54, 1.807) is 32.2 Å². The minimum atomic E-state index is -3.30. The van der Waals surface area contributed by atoms with Gasteiger partial charge in [-0.05, 0) is 43.5 Å². The Morgan fingerprint density at radius 2 is 1.86 bits per heavy atom. The number of rotatable bonds is 6. The normalized spacial score (nSPS) is 12.0. The van der Waals surface area contributed by atoms with Crippen LogP contribution in [0.5, 0.6) is 0 Å². The number of aromatic nitrogens is 1. The second-order valence-corrected chi connectivity index (χ2v) is 7.35. The van der Waals surface area contributed by atoms with Crippen molar-refractivity contribution in [2.24, 2.45) is 0 Å². The van der Waals surface area contributed by atoms with Crippen molar-refractivity contribution in [3.05, 3.63) is 45.3 Å². The molecule has 0 aliphatic rings. The molecule has 0 atom stereocenters. The number of hydrogen-bond acceptors (Lipinski definition) is 4. The van der Waals surface area contributed by atoms with Gasteiger partial charge in [-0.2, -0.15) is 0 Å². The van der Waals surface area contributed by atoms with E-state index in [0.717, 1.165) is 9.86 Å². The van der Waals surface area contributed by atoms with E-state index in [1.165, 1.54) is 4.57 Å². The summed E-state index contributed by atoms with van der Waals surface area (Å²) >= 11 is 3.37. The van der Waals surface area contributed by atoms with Crippen LogP contribution in [0.15, 0.2) is 39.7 Å². The van der Waals surface area contributed by atoms with Gasteiger partial charge < -0.3 is 13.6 Å². The summed E-state index contributed by atoms with van der Waals surface area (Å²) in [5.74, 6) is 0. The summed E-state index contributed by atoms with van der Waals surface area (Å²) in [6, 6.07) is 7.22. The van der Waals surface area contributed by atoms with Crippen LogP contribution in [0.4, 0.5) is 0 Å². The predicted molar refractivity (Wildman–Crippen MR) is 86.8 cm³/mol. The zero-order chi connectivity index (χ0) is 15.5. The van der Waals surface area contributed by atoms with E-state index in [0.29, 0.717) is 5.39 Å². The highest BCUT2D eigenvalue weighted by Gasteiger charge is 2.24. The third-order valence-corrected chi connectivity index (χ3v) is 5.36. The Morgan fingerprint density at radius 1 is 1.19 bits per heavy atom. The second kappa shape index (κ2) is 6.88. The second-order valence-electron chi connectivity index (χ2n) is 4.41. The lowest BCUT2D eigenvalue weighted by molar-refractivity contribution is 0.214. The first-order valence-electron chi connectivity index (χ1n) is 6.66. The van der Waals surface area contributed by atoms with Gasteiger partial charge in [-0.15, -0.1) is 0 Å². The monoisotopic (exact) mass is 373 g/mol. The average Bonchev–Trinajstić information content (AvgIpc) is 2.42. The van der Waals surface area contributed by atoms with E-state index in [2.05, 4.69) is 15.9 Å². The molecule has 0 radical (unpaired) electrons. The maximum absolute atomic E-state index is 12.5. The fourth-order valence-electron chi connectivity index (χ4n) is 2.07. The first kappa shape index (κ1) is 16.4. The number of hydrogen-bond donors (Lipinski definition) is 0. The van der Waals surface area contributed by atoms with Crippen molar-refractivity contribution in [3.8, 4) is 0 Å². The Morgan fingerprint density at radius 3 is 2.48 bits per heavy atom. The molecular formula is C14H17BrNO4P. The molecule has 0 aliphatic carbocycles. The molecule has 1 heterocycles. The number of benzene rings is 1. The third kappa shape index (κ3) is 3.83. The van der Waals surface area contributed by atoms with Crippen molar-refractivity contribution in [2.45, 2.75) is 20.1 Å². The van der Waals surface area contributed by atoms with E-state index in [1.807, 2.05) is 12.1 Å². The lowest BCUT2D eigenvalue weighted by Crippen LogP contribution is -2.20. The third-order valence-electron chi connectivity index (χ3n) is 2.92. The first-order valence-corrected chi connectivity index (χ1v) is 9.18. The SMILES string of the molecule is CCOP(=O)(Cn1ccc2cc(Br)ccc2c1=O)OCC. The molecule has 114 valence electrons. The summed E-state index contributed by atoms with van der Waals surface area (Å²) in [6.45, 7) is 4.03. The van der Waals surface area contributed by atoms with Crippen LogP contribution in [0.1, 0.15) is 13.8 Å². The van der Waals surface area contributed by atoms with Crippen LogP contribution >= 0.6 is 23.5 Å². The van der Waals surface area contributed by atoms with Crippen molar-refractivity contribution in [2.75, 3.05) is 13.2 Å². The van der Waals surface area contributed by atoms with Crippen molar-refractivity contribution >= 4 is 34.3 Å². The summed E-state index contributed by atoms with van der Waals surface area (Å²) in [5.41, 5.74) is -0.209. The van der Waals surface area contributed by atoms with Crippen LogP contribution in [0, 0.1) is 0 Å². The van der Waals surface area contributed by atoms with E-state index < -0.39 is 7.60 Å². The molecule has 1 aromatic carbocycles. The van der Waals surface area contributed by atoms with Crippen molar-refractivity contribution in [3.63, 3.8) is 0 Å². The quantitative estimate of drug-likeness (QED) is 0.718. The van der Waals surface area contributed by atoms with E-state index in [9.17, 15) is 9.36 Å². The highest BCUT2D eigenvalue weighted by atomic mass is 79.9. The highest BCUT2D eigenvalue weighted by Crippen LogP contribution is 2.49. The fraction of sp³-hybridized carbons (Fsp3) is 0.357. The lowest BCUT2D eigenvalue weighted by Gasteiger charge is -2.18. The van der Waals surface area contributed by atoms with Crippen molar-refractivity contribution < 1.29 is 13.6 Å². The number of pyridine rings is 1. The molecule has 0 saturated heterocycles. The van der Waals surface area contributed by atoms with Gasteiger partial charge in [0.15, 0.2) is 0 Å². The molecule has 7 heteroatoms. The van der Waals surface area contributed by atoms with Gasteiger partial charge in [0.1, 0.15) is 6.29 Å². The molecule has 1 aromatic heterocycles. The van der Waals surface area contributed by atoms with Gasteiger partial charge in [-0.1, -0.05) is 15.9 Å². The van der Waals surface area contributed by atoms with Crippen molar-refractivity contribution in [1.82, 2.24) is 4.57 Å². The minimum Gasteiger partial charge on any atom is -0.308 e. The Kier molecular flexibility index (Phi) is 5.38. The Bertz CT molecular complexity index is 733. The first-order chi connectivity index (χ1) is 9.99. The Balaban J connectivity index is 2.43. The fourth-order valence-corrected chi connectivity index (χ4v) is 4.07. The summed E-state index contributed by atoms with van der Waals surface area (Å²) < 4.78 is 25.2. The maximum Gasteiger partial charge on any atom is 0.350 e. The summed E-state index contributed by atoms with van der Waals surface area (Å²) in [4.78, 5) is 12.4. The predicted octanol–water partition coefficient (Wildman–Crippen LogP) is 3.99. The molecule has 0 aliphatic heterocycles. The van der Waals surface area contributed by atoms with Crippen molar-refractivity contribution in [1.29, 1.82) is 0 Å². The smallest absolute Gasteiger partial charge is 0.308 e. The topological polar surface area (TPSA) is 57.5 Å². The number of halogens is 1. The van der Waals surface area contributed by atoms with Crippen LogP contribution in [0.2, 0.25) is 0 Å². The molecule has 21 heavy (non-hydrogen) atoms. The van der Waals surface area contributed by atoms with Crippen LogP contribution in [0.3, 0.4) is 0 Å². The average molecular weight is 374 g/mol. The van der Waals surface area contributed by atoms with Gasteiger partial charge >= 0.3 is 7.60 Å². The highest BCUT2D eigenvalue weighted by molar-refractivity contribution is 9.10. The van der Waals surface area contributed by atoms with Gasteiger partial charge in [0.2, 0.25) is 0 Å². The van der Waals surface area contributed by atoms with Gasteiger partial charge in [-0.3, -0.25) is 9.36 Å². The molecule has 2 aromatic rings. The molecule has 0 N–H and O–H groups in total. The maximum atomic E-state index is 12.5. The van der Waals surface area contributed by atoms with E-state index in [4.69, 9.17) is 9.05 Å². The van der Waals surface area contributed by atoms with Gasteiger partial charge in [0.05, 0.1) is 13.2 Å². The molecule has 0 saturated carbocycles. The van der Waals surface area contributed by atoms with Crippen LogP contribution < -0.4 is 5.56 Å². The number of nitrogens with zero attached hydrogens (tertiary/aromatic N) is 1. The lowest BCUT2D eigenvalue weighted by atomic mass is 10.2. The molecular weight excluding hydrogens is 357 g/mol. The largest absolute Gasteiger partial charge is 0.350 e. The van der Waals surface area contributed by atoms with Crippen LogP contribution in [-0.4, -0.2) is 17.8 Å². The molecule has 5 nitrogen and oxygen atoms in total. The van der Waals surface area contributed by atoms with Crippen LogP contribution in [0.25, 0.3) is 10.8 Å². The molecule has 0 amide bonds. The van der Waals surface area contributed by atoms with Gasteiger partial charge in [0, 0.05) is 16.1 Å². The molecule has 2 rings (SSSR count). The summed E-state index contributed by atoms with van der Waals surface area (Å²) in [5, 5.41) is 1.40. The number of fused-ring (bicyclic) bond motifs is 1. The Hall–Kier alpha value is -0.940. The molecule has 0 spiro atoms. The molecule has 0 bridgehead atoms. The Labute approximate surface area is 131 Å². The van der Waals surface area contributed by atoms with Gasteiger partial charge in [0.25, 0.3) is 5.56 Å². The van der Waals surface area contributed by atoms with E-state index in [-0.39, 0.29) is 25.1 Å². The summed E-state index contributed by atoms with van der Waals surface area (Å²) in [7, 11) is -3.30. The molecule has 0 unspecified atom stereocenters. The van der Waals surface area contributed by atoms with Crippen LogP contribution in [-0.2, 0) is 19.9 Å².